The van der Waals surface area contributed by atoms with Gasteiger partial charge in [-0.15, -0.1) is 0 Å². The summed E-state index contributed by atoms with van der Waals surface area (Å²) in [5.41, 5.74) is 2.50. The second-order valence-corrected chi connectivity index (χ2v) is 9.83. The molecule has 0 aliphatic heterocycles. The fraction of sp³-hybridized carbons (Fsp3) is 0.222. The van der Waals surface area contributed by atoms with Crippen LogP contribution in [0.25, 0.3) is 21.5 Å². The number of hydrogen-bond acceptors (Lipinski definition) is 2. The van der Waals surface area contributed by atoms with Crippen LogP contribution in [0, 0.1) is 0 Å². The number of thiocarbonyl (C=S) groups is 1. The van der Waals surface area contributed by atoms with Crippen molar-refractivity contribution in [2.75, 3.05) is 12.5 Å². The van der Waals surface area contributed by atoms with E-state index in [1.165, 1.54) is 32.7 Å². The topological polar surface area (TPSA) is 41.1 Å². The molecule has 0 saturated heterocycles. The molecule has 0 saturated carbocycles. The number of benzene rings is 4. The lowest BCUT2D eigenvalue weighted by molar-refractivity contribution is 0.661. The Kier molecular flexibility index (Phi) is 8.37. The number of rotatable bonds is 4. The molecule has 0 unspecified atom stereocenters. The fourth-order valence-corrected chi connectivity index (χ4v) is 4.20. The molecule has 2 atom stereocenters. The van der Waals surface area contributed by atoms with E-state index in [4.69, 9.17) is 12.2 Å². The average molecular weight is 463 g/mol. The Bertz CT molecular complexity index is 1130. The Hall–Kier alpha value is -2.76. The average Bonchev–Trinajstić information content (AvgIpc) is 2.77. The third-order valence-corrected chi connectivity index (χ3v) is 5.51. The fourth-order valence-electron chi connectivity index (χ4n) is 3.85. The highest BCUT2D eigenvalue weighted by Crippen LogP contribution is 2.25. The first-order valence-corrected chi connectivity index (χ1v) is 13.0. The predicted molar refractivity (Wildman–Crippen MR) is 144 cm³/mol. The van der Waals surface area contributed by atoms with Crippen molar-refractivity contribution in [2.45, 2.75) is 25.9 Å². The second-order valence-electron chi connectivity index (χ2n) is 7.94. The molecule has 0 radical (unpaired) electrons. The van der Waals surface area contributed by atoms with Gasteiger partial charge in [-0.2, -0.15) is 0 Å². The molecule has 32 heavy (non-hydrogen) atoms. The van der Waals surface area contributed by atoms with Gasteiger partial charge in [0.1, 0.15) is 0 Å². The molecule has 0 amide bonds. The first-order valence-electron chi connectivity index (χ1n) is 10.6. The maximum atomic E-state index is 9.56. The molecule has 0 aliphatic carbocycles. The third kappa shape index (κ3) is 6.15. The van der Waals surface area contributed by atoms with Gasteiger partial charge >= 0.3 is 0 Å². The predicted octanol–water partition coefficient (Wildman–Crippen LogP) is 6.27. The minimum Gasteiger partial charge on any atom is -0.356 e. The van der Waals surface area contributed by atoms with E-state index in [9.17, 15) is 4.21 Å². The van der Waals surface area contributed by atoms with E-state index in [1.807, 2.05) is 0 Å². The molecule has 0 aromatic heterocycles. The lowest BCUT2D eigenvalue weighted by Gasteiger charge is -2.23. The van der Waals surface area contributed by atoms with E-state index in [0.29, 0.717) is 5.11 Å². The molecule has 5 heteroatoms. The van der Waals surface area contributed by atoms with Gasteiger partial charge in [-0.3, -0.25) is 4.21 Å². The van der Waals surface area contributed by atoms with E-state index in [2.05, 4.69) is 109 Å². The van der Waals surface area contributed by atoms with Gasteiger partial charge in [0.2, 0.25) is 0 Å². The molecule has 4 rings (SSSR count). The van der Waals surface area contributed by atoms with Crippen LogP contribution in [-0.4, -0.2) is 21.8 Å². The van der Waals surface area contributed by atoms with Crippen LogP contribution in [0.4, 0.5) is 0 Å². The van der Waals surface area contributed by atoms with Crippen molar-refractivity contribution in [3.05, 3.63) is 96.1 Å². The summed E-state index contributed by atoms with van der Waals surface area (Å²) in [7, 11) is -0.611. The SMILES string of the molecule is CS(C)=O.C[C@@H](NC(=S)N[C@H](C)c1cccc2ccccc12)c1cccc2ccccc12. The zero-order valence-corrected chi connectivity index (χ0v) is 20.6. The van der Waals surface area contributed by atoms with Gasteiger partial charge in [-0.1, -0.05) is 84.9 Å². The largest absolute Gasteiger partial charge is 0.356 e. The molecular weight excluding hydrogens is 432 g/mol. The molecule has 3 nitrogen and oxygen atoms in total. The summed E-state index contributed by atoms with van der Waals surface area (Å²) in [4.78, 5) is 0. The first-order chi connectivity index (χ1) is 15.4. The summed E-state index contributed by atoms with van der Waals surface area (Å²) < 4.78 is 9.56. The van der Waals surface area contributed by atoms with Crippen molar-refractivity contribution in [1.82, 2.24) is 10.6 Å². The zero-order chi connectivity index (χ0) is 23.1. The molecular formula is C27H30N2OS2. The number of nitrogens with one attached hydrogen (secondary N) is 2. The molecule has 166 valence electrons. The summed E-state index contributed by atoms with van der Waals surface area (Å²) in [5, 5.41) is 12.6. The first kappa shape index (κ1) is 23.9. The van der Waals surface area contributed by atoms with E-state index < -0.39 is 10.8 Å². The lowest BCUT2D eigenvalue weighted by Crippen LogP contribution is -2.38. The van der Waals surface area contributed by atoms with Gasteiger partial charge in [-0.25, -0.2) is 0 Å². The van der Waals surface area contributed by atoms with Crippen molar-refractivity contribution in [2.24, 2.45) is 0 Å². The minimum absolute atomic E-state index is 0.116. The molecule has 0 spiro atoms. The summed E-state index contributed by atoms with van der Waals surface area (Å²) in [6.07, 6.45) is 3.28. The third-order valence-electron chi connectivity index (χ3n) is 5.27. The summed E-state index contributed by atoms with van der Waals surface area (Å²) in [6, 6.07) is 30.0. The van der Waals surface area contributed by atoms with Crippen molar-refractivity contribution in [3.63, 3.8) is 0 Å². The summed E-state index contributed by atoms with van der Waals surface area (Å²) >= 11 is 5.63. The van der Waals surface area contributed by atoms with E-state index in [0.717, 1.165) is 0 Å². The maximum Gasteiger partial charge on any atom is 0.167 e. The highest BCUT2D eigenvalue weighted by atomic mass is 32.2. The van der Waals surface area contributed by atoms with Crippen LogP contribution >= 0.6 is 12.2 Å². The molecule has 2 N–H and O–H groups in total. The smallest absolute Gasteiger partial charge is 0.167 e. The standard InChI is InChI=1S/C25H24N2S.C2H6OS/c1-17(21-15-7-11-19-9-3-5-13-23(19)21)26-25(28)27-18(2)22-16-8-12-20-10-4-6-14-24(20)22;1-4(2)3/h3-18H,1-2H3,(H2,26,27,28);1-2H3/t17-,18-;/m1./s1. The Labute approximate surface area is 198 Å². The summed E-state index contributed by atoms with van der Waals surface area (Å²) in [6.45, 7) is 4.30. The van der Waals surface area contributed by atoms with Crippen LogP contribution in [0.3, 0.4) is 0 Å². The quantitative estimate of drug-likeness (QED) is 0.351. The van der Waals surface area contributed by atoms with Gasteiger partial charge in [-0.05, 0) is 58.7 Å². The Morgan fingerprint density at radius 3 is 1.44 bits per heavy atom. The van der Waals surface area contributed by atoms with E-state index >= 15 is 0 Å². The van der Waals surface area contributed by atoms with E-state index in [1.54, 1.807) is 12.5 Å². The number of hydrogen-bond donors (Lipinski definition) is 2. The zero-order valence-electron chi connectivity index (χ0n) is 19.0. The van der Waals surface area contributed by atoms with Crippen LogP contribution < -0.4 is 10.6 Å². The van der Waals surface area contributed by atoms with Crippen LogP contribution in [0.15, 0.2) is 84.9 Å². The molecule has 4 aromatic rings. The molecule has 0 aliphatic rings. The monoisotopic (exact) mass is 462 g/mol. The van der Waals surface area contributed by atoms with Crippen molar-refractivity contribution in [3.8, 4) is 0 Å². The van der Waals surface area contributed by atoms with Gasteiger partial charge in [0.25, 0.3) is 0 Å². The molecule has 0 bridgehead atoms. The maximum absolute atomic E-state index is 9.56. The normalized spacial score (nSPS) is 12.7. The Morgan fingerprint density at radius 2 is 1.03 bits per heavy atom. The molecule has 4 aromatic carbocycles. The van der Waals surface area contributed by atoms with Crippen molar-refractivity contribution in [1.29, 1.82) is 0 Å². The lowest BCUT2D eigenvalue weighted by atomic mass is 9.99. The Balaban J connectivity index is 0.000000668. The molecule has 0 fully saturated rings. The van der Waals surface area contributed by atoms with Crippen LogP contribution in [-0.2, 0) is 10.8 Å². The van der Waals surface area contributed by atoms with Gasteiger partial charge in [0.05, 0.1) is 12.1 Å². The number of fused-ring (bicyclic) bond motifs is 2. The van der Waals surface area contributed by atoms with Gasteiger partial charge in [0.15, 0.2) is 5.11 Å². The Morgan fingerprint density at radius 1 is 0.688 bits per heavy atom. The van der Waals surface area contributed by atoms with Gasteiger partial charge in [0, 0.05) is 23.3 Å². The van der Waals surface area contributed by atoms with Gasteiger partial charge < -0.3 is 10.6 Å². The van der Waals surface area contributed by atoms with Crippen molar-refractivity contribution < 1.29 is 4.21 Å². The van der Waals surface area contributed by atoms with Crippen LogP contribution in [0.1, 0.15) is 37.1 Å². The van der Waals surface area contributed by atoms with Crippen LogP contribution in [0.5, 0.6) is 0 Å². The molecule has 0 heterocycles. The van der Waals surface area contributed by atoms with E-state index in [-0.39, 0.29) is 12.1 Å². The van der Waals surface area contributed by atoms with Crippen molar-refractivity contribution >= 4 is 49.7 Å². The highest BCUT2D eigenvalue weighted by Gasteiger charge is 2.14. The highest BCUT2D eigenvalue weighted by molar-refractivity contribution is 7.83. The van der Waals surface area contributed by atoms with Crippen LogP contribution in [0.2, 0.25) is 0 Å². The minimum atomic E-state index is -0.611. The second kappa shape index (κ2) is 11.2. The summed E-state index contributed by atoms with van der Waals surface area (Å²) in [5.74, 6) is 0.